The number of thiophene rings is 1. The first-order chi connectivity index (χ1) is 10.7. The number of thioether (sulfide) groups is 1. The van der Waals surface area contributed by atoms with Crippen molar-refractivity contribution in [1.82, 2.24) is 0 Å². The van der Waals surface area contributed by atoms with Crippen LogP contribution in [0, 0.1) is 0 Å². The smallest absolute Gasteiger partial charge is 0.316 e. The Balaban J connectivity index is 1.84. The summed E-state index contributed by atoms with van der Waals surface area (Å²) in [7, 11) is 0. The summed E-state index contributed by atoms with van der Waals surface area (Å²) in [6, 6.07) is 12.2. The first-order valence-electron chi connectivity index (χ1n) is 7.25. The lowest BCUT2D eigenvalue weighted by molar-refractivity contribution is -0.532. The van der Waals surface area contributed by atoms with Gasteiger partial charge >= 0.3 is 5.17 Å². The maximum atomic E-state index is 11.5. The van der Waals surface area contributed by atoms with Crippen molar-refractivity contribution >= 4 is 49.9 Å². The maximum Gasteiger partial charge on any atom is 0.316 e. The average molecular weight is 396 g/mol. The molecule has 0 radical (unpaired) electrons. The minimum Gasteiger partial charge on any atom is -0.345 e. The second-order valence-corrected chi connectivity index (χ2v) is 8.44. The summed E-state index contributed by atoms with van der Waals surface area (Å²) >= 11 is 6.95. The van der Waals surface area contributed by atoms with E-state index in [-0.39, 0.29) is 0 Å². The Morgan fingerprint density at radius 3 is 2.77 bits per heavy atom. The van der Waals surface area contributed by atoms with E-state index in [1.165, 1.54) is 11.6 Å². The number of aliphatic hydroxyl groups is 1. The maximum absolute atomic E-state index is 11.5. The third-order valence-electron chi connectivity index (χ3n) is 4.05. The Morgan fingerprint density at radius 2 is 2.05 bits per heavy atom. The van der Waals surface area contributed by atoms with Crippen LogP contribution in [0.5, 0.6) is 0 Å². The van der Waals surface area contributed by atoms with Crippen LogP contribution in [0.1, 0.15) is 11.3 Å². The van der Waals surface area contributed by atoms with E-state index in [4.69, 9.17) is 0 Å². The van der Waals surface area contributed by atoms with E-state index in [2.05, 4.69) is 37.5 Å². The molecule has 3 heterocycles. The van der Waals surface area contributed by atoms with Crippen molar-refractivity contribution in [3.8, 4) is 0 Å². The molecule has 4 rings (SSSR count). The van der Waals surface area contributed by atoms with Gasteiger partial charge < -0.3 is 5.11 Å². The predicted molar refractivity (Wildman–Crippen MR) is 96.9 cm³/mol. The van der Waals surface area contributed by atoms with Gasteiger partial charge in [-0.1, -0.05) is 22.0 Å². The number of nitrogens with zero attached hydrogens (tertiary/aromatic N) is 2. The SMILES string of the molecule is OC1(c2cccs2)C[N+]2=C(SCCC2)N1c1ccc(Br)cc1. The molecule has 0 amide bonds. The standard InChI is InChI=1S/C16H16BrN2OS2/c17-12-4-6-13(7-5-12)19-15-18(8-2-10-22-15)11-16(19,20)14-3-1-9-21-14/h1,3-7,9,20H,2,8,10-11H2/q+1. The van der Waals surface area contributed by atoms with E-state index in [0.29, 0.717) is 6.54 Å². The number of halogens is 1. The second-order valence-electron chi connectivity index (χ2n) is 5.51. The summed E-state index contributed by atoms with van der Waals surface area (Å²) < 4.78 is 3.36. The van der Waals surface area contributed by atoms with Crippen molar-refractivity contribution in [3.05, 3.63) is 51.1 Å². The quantitative estimate of drug-likeness (QED) is 0.785. The Bertz CT molecular complexity index is 714. The Kier molecular flexibility index (Phi) is 3.80. The molecule has 22 heavy (non-hydrogen) atoms. The average Bonchev–Trinajstić information content (AvgIpc) is 3.14. The molecular weight excluding hydrogens is 380 g/mol. The number of amidine groups is 1. The van der Waals surface area contributed by atoms with E-state index in [1.807, 2.05) is 41.4 Å². The van der Waals surface area contributed by atoms with Gasteiger partial charge in [-0.3, -0.25) is 0 Å². The van der Waals surface area contributed by atoms with Gasteiger partial charge in [-0.25, -0.2) is 4.58 Å². The lowest BCUT2D eigenvalue weighted by Crippen LogP contribution is -2.46. The van der Waals surface area contributed by atoms with E-state index in [9.17, 15) is 5.11 Å². The fourth-order valence-electron chi connectivity index (χ4n) is 3.06. The van der Waals surface area contributed by atoms with E-state index in [0.717, 1.165) is 27.3 Å². The lowest BCUT2D eigenvalue weighted by Gasteiger charge is -2.27. The molecule has 0 fully saturated rings. The molecule has 1 atom stereocenters. The minimum absolute atomic E-state index is 0.631. The van der Waals surface area contributed by atoms with Crippen LogP contribution >= 0.6 is 39.0 Å². The molecule has 2 aromatic rings. The molecule has 114 valence electrons. The zero-order valence-electron chi connectivity index (χ0n) is 11.9. The molecular formula is C16H16BrN2OS2+. The molecule has 3 nitrogen and oxygen atoms in total. The lowest BCUT2D eigenvalue weighted by atomic mass is 10.1. The highest BCUT2D eigenvalue weighted by Crippen LogP contribution is 2.41. The largest absolute Gasteiger partial charge is 0.345 e. The second kappa shape index (κ2) is 5.67. The van der Waals surface area contributed by atoms with Crippen LogP contribution in [-0.2, 0) is 5.72 Å². The van der Waals surface area contributed by atoms with Crippen molar-refractivity contribution < 1.29 is 9.68 Å². The van der Waals surface area contributed by atoms with Crippen LogP contribution in [-0.4, -0.2) is 33.7 Å². The highest BCUT2D eigenvalue weighted by molar-refractivity contribution is 9.10. The van der Waals surface area contributed by atoms with Gasteiger partial charge in [0.25, 0.3) is 5.72 Å². The fraction of sp³-hybridized carbons (Fsp3) is 0.312. The van der Waals surface area contributed by atoms with Crippen LogP contribution in [0.4, 0.5) is 5.69 Å². The summed E-state index contributed by atoms with van der Waals surface area (Å²) in [6.45, 7) is 1.65. The summed E-state index contributed by atoms with van der Waals surface area (Å²) in [5, 5.41) is 14.7. The Hall–Kier alpha value is -0.820. The molecule has 0 saturated heterocycles. The zero-order chi connectivity index (χ0) is 15.2. The van der Waals surface area contributed by atoms with Gasteiger partial charge in [-0.05, 0) is 53.9 Å². The van der Waals surface area contributed by atoms with Crippen LogP contribution < -0.4 is 4.90 Å². The first-order valence-corrected chi connectivity index (χ1v) is 9.91. The Morgan fingerprint density at radius 1 is 1.23 bits per heavy atom. The molecule has 1 aromatic heterocycles. The number of hydrogen-bond donors (Lipinski definition) is 1. The Labute approximate surface area is 146 Å². The van der Waals surface area contributed by atoms with Crippen LogP contribution in [0.25, 0.3) is 0 Å². The van der Waals surface area contributed by atoms with Gasteiger partial charge in [0.05, 0.1) is 11.4 Å². The van der Waals surface area contributed by atoms with Gasteiger partial charge in [-0.2, -0.15) is 4.90 Å². The number of benzene rings is 1. The topological polar surface area (TPSA) is 26.5 Å². The molecule has 0 bridgehead atoms. The van der Waals surface area contributed by atoms with Gasteiger partial charge in [0.15, 0.2) is 6.54 Å². The van der Waals surface area contributed by atoms with Gasteiger partial charge in [-0.15, -0.1) is 11.3 Å². The highest BCUT2D eigenvalue weighted by atomic mass is 79.9. The summed E-state index contributed by atoms with van der Waals surface area (Å²) in [5.74, 6) is 1.11. The first kappa shape index (κ1) is 14.8. The zero-order valence-corrected chi connectivity index (χ0v) is 15.1. The van der Waals surface area contributed by atoms with E-state index < -0.39 is 5.72 Å². The van der Waals surface area contributed by atoms with Crippen molar-refractivity contribution in [3.63, 3.8) is 0 Å². The molecule has 6 heteroatoms. The van der Waals surface area contributed by atoms with Crippen molar-refractivity contribution in [2.24, 2.45) is 0 Å². The summed E-state index contributed by atoms with van der Waals surface area (Å²) in [6.07, 6.45) is 1.17. The number of anilines is 1. The van der Waals surface area contributed by atoms with Crippen LogP contribution in [0.3, 0.4) is 0 Å². The molecule has 2 aliphatic rings. The molecule has 1 N–H and O–H groups in total. The number of hydrogen-bond acceptors (Lipinski definition) is 4. The molecule has 1 aromatic carbocycles. The van der Waals surface area contributed by atoms with E-state index in [1.54, 1.807) is 11.3 Å². The molecule has 0 saturated carbocycles. The summed E-state index contributed by atoms with van der Waals surface area (Å²) in [4.78, 5) is 3.10. The van der Waals surface area contributed by atoms with Gasteiger partial charge in [0.1, 0.15) is 5.69 Å². The fourth-order valence-corrected chi connectivity index (χ4v) is 5.31. The number of rotatable bonds is 2. The summed E-state index contributed by atoms with van der Waals surface area (Å²) in [5.41, 5.74) is 0.0558. The minimum atomic E-state index is -0.978. The van der Waals surface area contributed by atoms with Crippen LogP contribution in [0.15, 0.2) is 46.3 Å². The third-order valence-corrected chi connectivity index (χ3v) is 6.78. The normalized spacial score (nSPS) is 24.7. The van der Waals surface area contributed by atoms with Gasteiger partial charge in [0, 0.05) is 10.2 Å². The predicted octanol–water partition coefficient (Wildman–Crippen LogP) is 3.68. The van der Waals surface area contributed by atoms with Crippen LogP contribution in [0.2, 0.25) is 0 Å². The molecule has 1 unspecified atom stereocenters. The monoisotopic (exact) mass is 395 g/mol. The molecule has 2 aliphatic heterocycles. The third kappa shape index (κ3) is 2.33. The molecule has 0 spiro atoms. The molecule has 0 aliphatic carbocycles. The van der Waals surface area contributed by atoms with Crippen molar-refractivity contribution in [2.45, 2.75) is 12.1 Å². The van der Waals surface area contributed by atoms with Gasteiger partial charge in [0.2, 0.25) is 0 Å². The highest BCUT2D eigenvalue weighted by Gasteiger charge is 2.55. The van der Waals surface area contributed by atoms with Crippen molar-refractivity contribution in [1.29, 1.82) is 0 Å². The van der Waals surface area contributed by atoms with E-state index >= 15 is 0 Å². The van der Waals surface area contributed by atoms with Crippen molar-refractivity contribution in [2.75, 3.05) is 23.7 Å².